The highest BCUT2D eigenvalue weighted by molar-refractivity contribution is 5.79. The fraction of sp³-hybridized carbons (Fsp3) is 0.323. The third-order valence-corrected chi connectivity index (χ3v) is 6.91. The van der Waals surface area contributed by atoms with Gasteiger partial charge in [-0.3, -0.25) is 9.59 Å². The highest BCUT2D eigenvalue weighted by atomic mass is 16.5. The van der Waals surface area contributed by atoms with Crippen molar-refractivity contribution in [2.75, 3.05) is 13.2 Å². The number of hydrogen-bond donors (Lipinski definition) is 2. The van der Waals surface area contributed by atoms with Crippen LogP contribution in [0.1, 0.15) is 55.7 Å². The van der Waals surface area contributed by atoms with Crippen molar-refractivity contribution in [3.05, 3.63) is 95.6 Å². The molecule has 0 heterocycles. The van der Waals surface area contributed by atoms with Crippen molar-refractivity contribution in [3.63, 3.8) is 0 Å². The minimum absolute atomic E-state index is 0.0291. The van der Waals surface area contributed by atoms with Gasteiger partial charge in [0.25, 0.3) is 0 Å². The molecule has 0 aromatic heterocycles. The fourth-order valence-electron chi connectivity index (χ4n) is 4.88. The summed E-state index contributed by atoms with van der Waals surface area (Å²) in [5.74, 6) is -1.13. The molecule has 0 atom stereocenters. The van der Waals surface area contributed by atoms with Crippen LogP contribution in [0.15, 0.2) is 78.9 Å². The van der Waals surface area contributed by atoms with Crippen LogP contribution in [-0.4, -0.2) is 46.7 Å². The standard InChI is InChI=1S/C31H34N2O5/c1-31(2,18-16-28(34)33(19-17-29(35)36)20-22-10-4-3-5-11-22)32-30(37)38-21-27-25-14-8-6-12-23(25)24-13-7-9-15-26(24)27/h3-15,27H,16-21H2,1-2H3,(H,32,37)(H,35,36). The Morgan fingerprint density at radius 3 is 2.05 bits per heavy atom. The van der Waals surface area contributed by atoms with E-state index in [9.17, 15) is 14.4 Å². The predicted octanol–water partition coefficient (Wildman–Crippen LogP) is 5.59. The quantitative estimate of drug-likeness (QED) is 0.348. The molecule has 4 rings (SSSR count). The lowest BCUT2D eigenvalue weighted by molar-refractivity contribution is -0.138. The summed E-state index contributed by atoms with van der Waals surface area (Å²) in [6.07, 6.45) is -0.103. The van der Waals surface area contributed by atoms with Crippen molar-refractivity contribution >= 4 is 18.0 Å². The summed E-state index contributed by atoms with van der Waals surface area (Å²) in [4.78, 5) is 38.4. The Bertz CT molecular complexity index is 1240. The Hall–Kier alpha value is -4.13. The molecule has 38 heavy (non-hydrogen) atoms. The Morgan fingerprint density at radius 2 is 1.45 bits per heavy atom. The van der Waals surface area contributed by atoms with E-state index in [4.69, 9.17) is 9.84 Å². The van der Waals surface area contributed by atoms with E-state index in [1.54, 1.807) is 4.90 Å². The van der Waals surface area contributed by atoms with Gasteiger partial charge in [-0.2, -0.15) is 0 Å². The Morgan fingerprint density at radius 1 is 0.868 bits per heavy atom. The Kier molecular flexibility index (Phi) is 8.46. The average Bonchev–Trinajstić information content (AvgIpc) is 3.22. The van der Waals surface area contributed by atoms with Gasteiger partial charge in [-0.25, -0.2) is 4.79 Å². The molecule has 0 spiro atoms. The van der Waals surface area contributed by atoms with Gasteiger partial charge in [0.2, 0.25) is 5.91 Å². The van der Waals surface area contributed by atoms with Gasteiger partial charge >= 0.3 is 12.1 Å². The summed E-state index contributed by atoms with van der Waals surface area (Å²) in [5.41, 5.74) is 4.86. The lowest BCUT2D eigenvalue weighted by Crippen LogP contribution is -2.45. The maximum Gasteiger partial charge on any atom is 0.407 e. The van der Waals surface area contributed by atoms with Gasteiger partial charge in [-0.05, 0) is 48.1 Å². The fourth-order valence-corrected chi connectivity index (χ4v) is 4.88. The van der Waals surface area contributed by atoms with Gasteiger partial charge in [0.1, 0.15) is 6.61 Å². The number of carbonyl (C=O) groups excluding carboxylic acids is 2. The number of nitrogens with zero attached hydrogens (tertiary/aromatic N) is 1. The van der Waals surface area contributed by atoms with Gasteiger partial charge in [0, 0.05) is 31.0 Å². The Balaban J connectivity index is 1.31. The zero-order valence-electron chi connectivity index (χ0n) is 21.9. The number of aliphatic carboxylic acids is 1. The minimum Gasteiger partial charge on any atom is -0.481 e. The normalized spacial score (nSPS) is 12.4. The number of fused-ring (bicyclic) bond motifs is 3. The van der Waals surface area contributed by atoms with Gasteiger partial charge in [-0.15, -0.1) is 0 Å². The Labute approximate surface area is 223 Å². The van der Waals surface area contributed by atoms with Crippen molar-refractivity contribution in [1.82, 2.24) is 10.2 Å². The molecule has 0 bridgehead atoms. The van der Waals surface area contributed by atoms with Gasteiger partial charge in [0.15, 0.2) is 0 Å². The van der Waals surface area contributed by atoms with Crippen molar-refractivity contribution in [2.24, 2.45) is 0 Å². The number of rotatable bonds is 11. The molecular weight excluding hydrogens is 480 g/mol. The van der Waals surface area contributed by atoms with E-state index in [1.165, 1.54) is 11.1 Å². The molecule has 3 aromatic rings. The molecule has 0 unspecified atom stereocenters. The van der Waals surface area contributed by atoms with Gasteiger partial charge in [-0.1, -0.05) is 78.9 Å². The first-order valence-electron chi connectivity index (χ1n) is 12.9. The molecule has 0 fully saturated rings. The number of hydrogen-bond acceptors (Lipinski definition) is 4. The van der Waals surface area contributed by atoms with Crippen molar-refractivity contribution in [3.8, 4) is 11.1 Å². The zero-order valence-corrected chi connectivity index (χ0v) is 21.9. The summed E-state index contributed by atoms with van der Waals surface area (Å²) < 4.78 is 5.66. The van der Waals surface area contributed by atoms with E-state index in [2.05, 4.69) is 29.6 Å². The van der Waals surface area contributed by atoms with Crippen LogP contribution in [0.4, 0.5) is 4.79 Å². The number of benzene rings is 3. The molecule has 1 aliphatic rings. The molecule has 0 radical (unpaired) electrons. The second-order valence-electron chi connectivity index (χ2n) is 10.3. The molecule has 3 aromatic carbocycles. The van der Waals surface area contributed by atoms with Crippen molar-refractivity contribution < 1.29 is 24.2 Å². The van der Waals surface area contributed by atoms with Crippen LogP contribution in [0.2, 0.25) is 0 Å². The van der Waals surface area contributed by atoms with Crippen LogP contribution in [0.3, 0.4) is 0 Å². The number of alkyl carbamates (subject to hydrolysis) is 1. The zero-order chi connectivity index (χ0) is 27.1. The topological polar surface area (TPSA) is 95.9 Å². The molecule has 0 saturated carbocycles. The largest absolute Gasteiger partial charge is 0.481 e. The first-order chi connectivity index (χ1) is 18.2. The highest BCUT2D eigenvalue weighted by Crippen LogP contribution is 2.44. The van der Waals surface area contributed by atoms with Crippen LogP contribution in [0.5, 0.6) is 0 Å². The summed E-state index contributed by atoms with van der Waals surface area (Å²) in [5, 5.41) is 12.0. The SMILES string of the molecule is CC(C)(CCC(=O)N(CCC(=O)O)Cc1ccccc1)NC(=O)OCC1c2ccccc2-c2ccccc21. The van der Waals surface area contributed by atoms with Crippen LogP contribution in [0.25, 0.3) is 11.1 Å². The van der Waals surface area contributed by atoms with Crippen LogP contribution in [-0.2, 0) is 20.9 Å². The number of nitrogens with one attached hydrogen (secondary N) is 1. The highest BCUT2D eigenvalue weighted by Gasteiger charge is 2.30. The van der Waals surface area contributed by atoms with E-state index in [0.29, 0.717) is 13.0 Å². The number of carbonyl (C=O) groups is 3. The first kappa shape index (κ1) is 26.9. The smallest absolute Gasteiger partial charge is 0.407 e. The summed E-state index contributed by atoms with van der Waals surface area (Å²) in [7, 11) is 0. The maximum absolute atomic E-state index is 13.0. The van der Waals surface area contributed by atoms with E-state index in [1.807, 2.05) is 68.4 Å². The first-order valence-corrected chi connectivity index (χ1v) is 12.9. The summed E-state index contributed by atoms with van der Waals surface area (Å²) in [6, 6.07) is 25.8. The van der Waals surface area contributed by atoms with E-state index >= 15 is 0 Å². The number of ether oxygens (including phenoxy) is 1. The molecule has 7 heteroatoms. The molecule has 1 aliphatic carbocycles. The van der Waals surface area contributed by atoms with Crippen LogP contribution in [0, 0.1) is 0 Å². The van der Waals surface area contributed by atoms with Gasteiger partial charge < -0.3 is 20.1 Å². The van der Waals surface area contributed by atoms with Gasteiger partial charge in [0.05, 0.1) is 6.42 Å². The number of amides is 2. The average molecular weight is 515 g/mol. The number of carboxylic acids is 1. The molecule has 198 valence electrons. The van der Waals surface area contributed by atoms with E-state index in [-0.39, 0.29) is 37.8 Å². The summed E-state index contributed by atoms with van der Waals surface area (Å²) >= 11 is 0. The number of carboxylic acid groups (broad SMARTS) is 1. The van der Waals surface area contributed by atoms with Crippen LogP contribution >= 0.6 is 0 Å². The second-order valence-corrected chi connectivity index (χ2v) is 10.3. The second kappa shape index (κ2) is 11.9. The molecule has 0 aliphatic heterocycles. The minimum atomic E-state index is -0.951. The molecule has 0 saturated heterocycles. The van der Waals surface area contributed by atoms with Crippen LogP contribution < -0.4 is 5.32 Å². The van der Waals surface area contributed by atoms with E-state index in [0.717, 1.165) is 16.7 Å². The predicted molar refractivity (Wildman–Crippen MR) is 146 cm³/mol. The van der Waals surface area contributed by atoms with E-state index < -0.39 is 17.6 Å². The molecule has 2 amide bonds. The third kappa shape index (κ3) is 6.79. The molecule has 2 N–H and O–H groups in total. The summed E-state index contributed by atoms with van der Waals surface area (Å²) in [6.45, 7) is 4.38. The lowest BCUT2D eigenvalue weighted by atomic mass is 9.97. The van der Waals surface area contributed by atoms with Crippen molar-refractivity contribution in [1.29, 1.82) is 0 Å². The lowest BCUT2D eigenvalue weighted by Gasteiger charge is -2.28. The monoisotopic (exact) mass is 514 g/mol. The third-order valence-electron chi connectivity index (χ3n) is 6.91. The molecule has 7 nitrogen and oxygen atoms in total. The maximum atomic E-state index is 13.0. The molecular formula is C31H34N2O5. The van der Waals surface area contributed by atoms with Crippen molar-refractivity contribution in [2.45, 2.75) is 51.1 Å².